The van der Waals surface area contributed by atoms with Crippen LogP contribution in [-0.2, 0) is 16.0 Å². The summed E-state index contributed by atoms with van der Waals surface area (Å²) in [6.07, 6.45) is 5.94. The maximum absolute atomic E-state index is 12.9. The molecule has 3 aliphatic rings. The lowest BCUT2D eigenvalue weighted by Crippen LogP contribution is -2.36. The number of anilines is 1. The summed E-state index contributed by atoms with van der Waals surface area (Å²) < 4.78 is 13.1. The van der Waals surface area contributed by atoms with Crippen molar-refractivity contribution in [2.24, 2.45) is 11.3 Å². The lowest BCUT2D eigenvalue weighted by Gasteiger charge is -2.29. The van der Waals surface area contributed by atoms with Crippen LogP contribution in [0.5, 0.6) is 0 Å². The molecule has 30 heavy (non-hydrogen) atoms. The van der Waals surface area contributed by atoms with Gasteiger partial charge in [-0.3, -0.25) is 4.79 Å². The van der Waals surface area contributed by atoms with Gasteiger partial charge in [0.2, 0.25) is 0 Å². The highest BCUT2D eigenvalue weighted by Gasteiger charge is 2.47. The van der Waals surface area contributed by atoms with Gasteiger partial charge in [-0.05, 0) is 43.9 Å². The van der Waals surface area contributed by atoms with Crippen LogP contribution in [0.2, 0.25) is 5.02 Å². The Kier molecular flexibility index (Phi) is 5.02. The summed E-state index contributed by atoms with van der Waals surface area (Å²) in [4.78, 5) is 14.3. The zero-order valence-corrected chi connectivity index (χ0v) is 17.6. The van der Waals surface area contributed by atoms with E-state index in [2.05, 4.69) is 22.2 Å². The molecule has 2 aromatic rings. The number of hydrogen-bond acceptors (Lipinski definition) is 5. The average molecular weight is 427 g/mol. The quantitative estimate of drug-likeness (QED) is 0.702. The molecule has 1 aromatic carbocycles. The maximum Gasteiger partial charge on any atom is 0.280 e. The third-order valence-electron chi connectivity index (χ3n) is 5.81. The fraction of sp³-hybridized carbons (Fsp3) is 0.500. The van der Waals surface area contributed by atoms with Gasteiger partial charge in [0.05, 0.1) is 36.7 Å². The standard InChI is InChI=1S/C22H23ClN4O3/c1-26(19-7-6-16(10-17(19)23)5-4-15-2-3-15)21(28)18-11-27(25-24-18)12-20-29-13-22(8-9-22)14-30-20/h6-7,10-11,15,20H,2-3,8-9,12-14H2,1H3. The number of carbonyl (C=O) groups is 1. The van der Waals surface area contributed by atoms with E-state index in [9.17, 15) is 4.79 Å². The second-order valence-electron chi connectivity index (χ2n) is 8.45. The number of hydrogen-bond donors (Lipinski definition) is 0. The topological polar surface area (TPSA) is 69.5 Å². The van der Waals surface area contributed by atoms with Gasteiger partial charge in [-0.15, -0.1) is 5.10 Å². The summed E-state index contributed by atoms with van der Waals surface area (Å²) in [6, 6.07) is 5.47. The first-order valence-corrected chi connectivity index (χ1v) is 10.6. The number of aromatic nitrogens is 3. The SMILES string of the molecule is CN(C(=O)c1cn(CC2OCC3(CC3)CO2)nn1)c1ccc(C#CC2CC2)cc1Cl. The molecular weight excluding hydrogens is 404 g/mol. The van der Waals surface area contributed by atoms with Crippen molar-refractivity contribution in [1.82, 2.24) is 15.0 Å². The van der Waals surface area contributed by atoms with Crippen LogP contribution in [-0.4, -0.2) is 47.5 Å². The first kappa shape index (κ1) is 19.6. The monoisotopic (exact) mass is 426 g/mol. The zero-order valence-electron chi connectivity index (χ0n) is 16.8. The number of rotatable bonds is 4. The minimum absolute atomic E-state index is 0.237. The summed E-state index contributed by atoms with van der Waals surface area (Å²) in [6.45, 7) is 1.84. The third kappa shape index (κ3) is 4.22. The third-order valence-corrected chi connectivity index (χ3v) is 6.12. The Hall–Kier alpha value is -2.40. The molecule has 2 saturated carbocycles. The van der Waals surface area contributed by atoms with Crippen molar-refractivity contribution in [3.8, 4) is 11.8 Å². The molecule has 0 radical (unpaired) electrons. The lowest BCUT2D eigenvalue weighted by atomic mass is 10.1. The Bertz CT molecular complexity index is 1020. The Balaban J connectivity index is 1.23. The van der Waals surface area contributed by atoms with E-state index in [1.807, 2.05) is 6.07 Å². The van der Waals surface area contributed by atoms with Crippen LogP contribution in [0.15, 0.2) is 24.4 Å². The fourth-order valence-corrected chi connectivity index (χ4v) is 3.70. The van der Waals surface area contributed by atoms with E-state index < -0.39 is 0 Å². The average Bonchev–Trinajstić information content (AvgIpc) is 3.67. The highest BCUT2D eigenvalue weighted by Crippen LogP contribution is 2.48. The van der Waals surface area contributed by atoms with Crippen molar-refractivity contribution in [3.05, 3.63) is 40.7 Å². The van der Waals surface area contributed by atoms with Crippen LogP contribution in [0.1, 0.15) is 41.7 Å². The van der Waals surface area contributed by atoms with Gasteiger partial charge < -0.3 is 14.4 Å². The van der Waals surface area contributed by atoms with Crippen LogP contribution >= 0.6 is 11.6 Å². The van der Waals surface area contributed by atoms with Gasteiger partial charge in [-0.2, -0.15) is 0 Å². The largest absolute Gasteiger partial charge is 0.350 e. The molecule has 1 aliphatic heterocycles. The van der Waals surface area contributed by atoms with E-state index in [0.29, 0.717) is 23.2 Å². The fourth-order valence-electron chi connectivity index (χ4n) is 3.39. The molecule has 1 saturated heterocycles. The summed E-state index contributed by atoms with van der Waals surface area (Å²) in [5.74, 6) is 6.58. The Labute approximate surface area is 180 Å². The van der Waals surface area contributed by atoms with Crippen molar-refractivity contribution in [1.29, 1.82) is 0 Å². The van der Waals surface area contributed by atoms with Crippen LogP contribution in [0.3, 0.4) is 0 Å². The van der Waals surface area contributed by atoms with Crippen LogP contribution in [0.4, 0.5) is 5.69 Å². The number of carbonyl (C=O) groups excluding carboxylic acids is 1. The first-order chi connectivity index (χ1) is 14.5. The predicted octanol–water partition coefficient (Wildman–Crippen LogP) is 3.12. The summed E-state index contributed by atoms with van der Waals surface area (Å²) in [5.41, 5.74) is 1.94. The van der Waals surface area contributed by atoms with Gasteiger partial charge in [-0.1, -0.05) is 28.7 Å². The van der Waals surface area contributed by atoms with Gasteiger partial charge in [0.25, 0.3) is 5.91 Å². The molecule has 2 aliphatic carbocycles. The number of halogens is 1. The van der Waals surface area contributed by atoms with E-state index in [0.717, 1.165) is 18.8 Å². The molecule has 1 spiro atoms. The van der Waals surface area contributed by atoms with Crippen LogP contribution in [0, 0.1) is 23.2 Å². The number of benzene rings is 1. The molecule has 7 nitrogen and oxygen atoms in total. The summed E-state index contributed by atoms with van der Waals surface area (Å²) in [5, 5.41) is 8.54. The minimum atomic E-state index is -0.364. The van der Waals surface area contributed by atoms with Gasteiger partial charge >= 0.3 is 0 Å². The van der Waals surface area contributed by atoms with Crippen molar-refractivity contribution >= 4 is 23.2 Å². The van der Waals surface area contributed by atoms with E-state index >= 15 is 0 Å². The summed E-state index contributed by atoms with van der Waals surface area (Å²) >= 11 is 6.41. The molecule has 1 aromatic heterocycles. The normalized spacial score (nSPS) is 19.9. The van der Waals surface area contributed by atoms with E-state index in [-0.39, 0.29) is 23.3 Å². The summed E-state index contributed by atoms with van der Waals surface area (Å²) in [7, 11) is 1.67. The van der Waals surface area contributed by atoms with Gasteiger partial charge in [0.1, 0.15) is 0 Å². The van der Waals surface area contributed by atoms with Crippen molar-refractivity contribution < 1.29 is 14.3 Å². The molecule has 0 bridgehead atoms. The Morgan fingerprint density at radius 3 is 2.77 bits per heavy atom. The molecule has 2 heterocycles. The Morgan fingerprint density at radius 2 is 2.10 bits per heavy atom. The Morgan fingerprint density at radius 1 is 1.33 bits per heavy atom. The number of amides is 1. The molecule has 0 unspecified atom stereocenters. The first-order valence-electron chi connectivity index (χ1n) is 10.2. The van der Waals surface area contributed by atoms with Crippen molar-refractivity contribution in [2.75, 3.05) is 25.2 Å². The highest BCUT2D eigenvalue weighted by atomic mass is 35.5. The number of ether oxygens (including phenoxy) is 2. The van der Waals surface area contributed by atoms with Crippen LogP contribution < -0.4 is 4.90 Å². The molecule has 5 rings (SSSR count). The van der Waals surface area contributed by atoms with E-state index in [4.69, 9.17) is 21.1 Å². The molecular formula is C22H23ClN4O3. The van der Waals surface area contributed by atoms with Gasteiger partial charge in [-0.25, -0.2) is 4.68 Å². The van der Waals surface area contributed by atoms with Gasteiger partial charge in [0.15, 0.2) is 12.0 Å². The molecule has 1 amide bonds. The molecule has 156 valence electrons. The number of nitrogens with zero attached hydrogens (tertiary/aromatic N) is 4. The zero-order chi connectivity index (χ0) is 20.7. The molecule has 0 atom stereocenters. The molecule has 3 fully saturated rings. The minimum Gasteiger partial charge on any atom is -0.350 e. The second-order valence-corrected chi connectivity index (χ2v) is 8.86. The van der Waals surface area contributed by atoms with Crippen molar-refractivity contribution in [3.63, 3.8) is 0 Å². The van der Waals surface area contributed by atoms with Crippen molar-refractivity contribution in [2.45, 2.75) is 38.5 Å². The van der Waals surface area contributed by atoms with Crippen LogP contribution in [0.25, 0.3) is 0 Å². The maximum atomic E-state index is 12.9. The molecule has 8 heteroatoms. The predicted molar refractivity (Wildman–Crippen MR) is 111 cm³/mol. The smallest absolute Gasteiger partial charge is 0.280 e. The van der Waals surface area contributed by atoms with E-state index in [1.54, 1.807) is 30.1 Å². The highest BCUT2D eigenvalue weighted by molar-refractivity contribution is 6.34. The van der Waals surface area contributed by atoms with E-state index in [1.165, 1.54) is 30.6 Å². The lowest BCUT2D eigenvalue weighted by molar-refractivity contribution is -0.213. The van der Waals surface area contributed by atoms with Gasteiger partial charge in [0, 0.05) is 23.9 Å². The second kappa shape index (κ2) is 7.69. The molecule has 0 N–H and O–H groups in total.